The van der Waals surface area contributed by atoms with Gasteiger partial charge in [0.1, 0.15) is 5.60 Å². The van der Waals surface area contributed by atoms with Crippen molar-refractivity contribution in [3.8, 4) is 0 Å². The van der Waals surface area contributed by atoms with E-state index in [1.165, 1.54) is 0 Å². The summed E-state index contributed by atoms with van der Waals surface area (Å²) < 4.78 is 16.8. The molecule has 0 aromatic rings. The van der Waals surface area contributed by atoms with Crippen molar-refractivity contribution >= 4 is 6.09 Å². The predicted octanol–water partition coefficient (Wildman–Crippen LogP) is 2.71. The first kappa shape index (κ1) is 15.3. The molecule has 114 valence electrons. The molecule has 0 saturated carbocycles. The van der Waals surface area contributed by atoms with Crippen LogP contribution < -0.4 is 0 Å². The van der Waals surface area contributed by atoms with Gasteiger partial charge < -0.3 is 19.1 Å². The van der Waals surface area contributed by atoms with Gasteiger partial charge in [-0.2, -0.15) is 0 Å². The highest BCUT2D eigenvalue weighted by Crippen LogP contribution is 2.19. The second kappa shape index (κ2) is 6.59. The molecule has 1 saturated heterocycles. The van der Waals surface area contributed by atoms with E-state index in [9.17, 15) is 4.79 Å². The van der Waals surface area contributed by atoms with Gasteiger partial charge in [0.2, 0.25) is 0 Å². The minimum Gasteiger partial charge on any atom is -0.444 e. The summed E-state index contributed by atoms with van der Waals surface area (Å²) in [5.41, 5.74) is -0.471. The lowest BCUT2D eigenvalue weighted by Gasteiger charge is -2.33. The van der Waals surface area contributed by atoms with Crippen LogP contribution in [0.5, 0.6) is 0 Å². The van der Waals surface area contributed by atoms with E-state index >= 15 is 0 Å². The van der Waals surface area contributed by atoms with Crippen LogP contribution in [0.2, 0.25) is 0 Å². The molecule has 20 heavy (non-hydrogen) atoms. The standard InChI is InChI=1S/C15H25NO4/c1-15(2,3)20-14(17)16-9-6-7-12(11-16)19-13-8-4-5-10-18-13/h6-7,12-13H,4-5,8-11H2,1-3H3. The average molecular weight is 283 g/mol. The molecule has 1 amide bonds. The molecule has 0 bridgehead atoms. The average Bonchev–Trinajstić information content (AvgIpc) is 2.38. The Morgan fingerprint density at radius 1 is 1.35 bits per heavy atom. The van der Waals surface area contributed by atoms with Crippen molar-refractivity contribution < 1.29 is 19.0 Å². The summed E-state index contributed by atoms with van der Waals surface area (Å²) in [6, 6.07) is 0. The smallest absolute Gasteiger partial charge is 0.410 e. The van der Waals surface area contributed by atoms with E-state index in [0.717, 1.165) is 25.9 Å². The zero-order valence-corrected chi connectivity index (χ0v) is 12.6. The fourth-order valence-corrected chi connectivity index (χ4v) is 2.27. The van der Waals surface area contributed by atoms with Crippen LogP contribution in [0, 0.1) is 0 Å². The summed E-state index contributed by atoms with van der Waals surface area (Å²) in [4.78, 5) is 13.7. The lowest BCUT2D eigenvalue weighted by atomic mass is 10.2. The Morgan fingerprint density at radius 2 is 2.15 bits per heavy atom. The van der Waals surface area contributed by atoms with Crippen molar-refractivity contribution in [2.45, 2.75) is 58.0 Å². The van der Waals surface area contributed by atoms with Gasteiger partial charge in [-0.05, 0) is 40.0 Å². The number of nitrogens with zero attached hydrogens (tertiary/aromatic N) is 1. The Bertz CT molecular complexity index is 355. The van der Waals surface area contributed by atoms with Crippen LogP contribution in [0.15, 0.2) is 12.2 Å². The number of ether oxygens (including phenoxy) is 3. The maximum absolute atomic E-state index is 12.0. The van der Waals surface area contributed by atoms with Gasteiger partial charge in [-0.25, -0.2) is 4.79 Å². The Morgan fingerprint density at radius 3 is 2.80 bits per heavy atom. The van der Waals surface area contributed by atoms with E-state index in [0.29, 0.717) is 13.1 Å². The van der Waals surface area contributed by atoms with Crippen LogP contribution in [0.3, 0.4) is 0 Å². The summed E-state index contributed by atoms with van der Waals surface area (Å²) in [5, 5.41) is 0. The third kappa shape index (κ3) is 4.80. The molecule has 2 atom stereocenters. The zero-order valence-electron chi connectivity index (χ0n) is 12.6. The Balaban J connectivity index is 1.83. The van der Waals surface area contributed by atoms with Gasteiger partial charge >= 0.3 is 6.09 Å². The second-order valence-corrected chi connectivity index (χ2v) is 6.28. The third-order valence-electron chi connectivity index (χ3n) is 3.19. The molecular formula is C15H25NO4. The van der Waals surface area contributed by atoms with E-state index in [1.54, 1.807) is 4.90 Å². The van der Waals surface area contributed by atoms with Crippen LogP contribution in [0.25, 0.3) is 0 Å². The van der Waals surface area contributed by atoms with Crippen molar-refractivity contribution in [3.63, 3.8) is 0 Å². The molecule has 2 heterocycles. The minimum absolute atomic E-state index is 0.112. The molecule has 1 fully saturated rings. The summed E-state index contributed by atoms with van der Waals surface area (Å²) >= 11 is 0. The fraction of sp³-hybridized carbons (Fsp3) is 0.800. The van der Waals surface area contributed by atoms with Crippen LogP contribution in [0.1, 0.15) is 40.0 Å². The Labute approximate surface area is 120 Å². The quantitative estimate of drug-likeness (QED) is 0.731. The lowest BCUT2D eigenvalue weighted by molar-refractivity contribution is -0.181. The molecule has 5 heteroatoms. The van der Waals surface area contributed by atoms with E-state index < -0.39 is 5.60 Å². The number of hydrogen-bond acceptors (Lipinski definition) is 4. The molecule has 5 nitrogen and oxygen atoms in total. The largest absolute Gasteiger partial charge is 0.444 e. The highest BCUT2D eigenvalue weighted by molar-refractivity contribution is 5.68. The molecule has 0 radical (unpaired) electrons. The fourth-order valence-electron chi connectivity index (χ4n) is 2.27. The van der Waals surface area contributed by atoms with Gasteiger partial charge in [0, 0.05) is 13.2 Å². The van der Waals surface area contributed by atoms with Crippen LogP contribution in [-0.2, 0) is 14.2 Å². The van der Waals surface area contributed by atoms with Gasteiger partial charge in [0.25, 0.3) is 0 Å². The lowest BCUT2D eigenvalue weighted by Crippen LogP contribution is -2.44. The number of amides is 1. The molecule has 2 rings (SSSR count). The van der Waals surface area contributed by atoms with Gasteiger partial charge in [0.15, 0.2) is 6.29 Å². The second-order valence-electron chi connectivity index (χ2n) is 6.28. The molecule has 0 aromatic heterocycles. The number of hydrogen-bond donors (Lipinski definition) is 0. The number of carbonyl (C=O) groups excluding carboxylic acids is 1. The summed E-state index contributed by atoms with van der Waals surface area (Å²) in [6.07, 6.45) is 6.56. The van der Waals surface area contributed by atoms with E-state index in [2.05, 4.69) is 0 Å². The first-order valence-corrected chi connectivity index (χ1v) is 7.36. The minimum atomic E-state index is -0.471. The highest BCUT2D eigenvalue weighted by atomic mass is 16.7. The van der Waals surface area contributed by atoms with E-state index in [4.69, 9.17) is 14.2 Å². The van der Waals surface area contributed by atoms with Crippen LogP contribution >= 0.6 is 0 Å². The van der Waals surface area contributed by atoms with Gasteiger partial charge in [0.05, 0.1) is 12.6 Å². The molecule has 2 aliphatic heterocycles. The van der Waals surface area contributed by atoms with Crippen molar-refractivity contribution in [1.82, 2.24) is 4.90 Å². The molecule has 0 aliphatic carbocycles. The first-order chi connectivity index (χ1) is 9.44. The SMILES string of the molecule is CC(C)(C)OC(=O)N1CC=CC(OC2CCCCO2)C1. The maximum atomic E-state index is 12.0. The van der Waals surface area contributed by atoms with Crippen LogP contribution in [0.4, 0.5) is 4.79 Å². The van der Waals surface area contributed by atoms with E-state index in [1.807, 2.05) is 32.9 Å². The van der Waals surface area contributed by atoms with Crippen molar-refractivity contribution in [2.24, 2.45) is 0 Å². The zero-order chi connectivity index (χ0) is 14.6. The van der Waals surface area contributed by atoms with Crippen molar-refractivity contribution in [2.75, 3.05) is 19.7 Å². The molecule has 2 unspecified atom stereocenters. The summed E-state index contributed by atoms with van der Waals surface area (Å²) in [6.45, 7) is 7.46. The number of rotatable bonds is 2. The summed E-state index contributed by atoms with van der Waals surface area (Å²) in [7, 11) is 0. The first-order valence-electron chi connectivity index (χ1n) is 7.36. The molecule has 2 aliphatic rings. The van der Waals surface area contributed by atoms with E-state index in [-0.39, 0.29) is 18.5 Å². The maximum Gasteiger partial charge on any atom is 0.410 e. The normalized spacial score (nSPS) is 27.4. The molecular weight excluding hydrogens is 258 g/mol. The molecule has 0 spiro atoms. The monoisotopic (exact) mass is 283 g/mol. The topological polar surface area (TPSA) is 48.0 Å². The molecule has 0 aromatic carbocycles. The summed E-state index contributed by atoms with van der Waals surface area (Å²) in [5.74, 6) is 0. The molecule has 0 N–H and O–H groups in total. The highest BCUT2D eigenvalue weighted by Gasteiger charge is 2.27. The van der Waals surface area contributed by atoms with Crippen molar-refractivity contribution in [3.05, 3.63) is 12.2 Å². The van der Waals surface area contributed by atoms with Crippen molar-refractivity contribution in [1.29, 1.82) is 0 Å². The Kier molecular flexibility index (Phi) is 5.05. The number of carbonyl (C=O) groups is 1. The third-order valence-corrected chi connectivity index (χ3v) is 3.19. The van der Waals surface area contributed by atoms with Crippen LogP contribution in [-0.4, -0.2) is 48.7 Å². The van der Waals surface area contributed by atoms with Gasteiger partial charge in [-0.15, -0.1) is 0 Å². The van der Waals surface area contributed by atoms with Gasteiger partial charge in [-0.3, -0.25) is 0 Å². The Hall–Kier alpha value is -1.07. The predicted molar refractivity (Wildman–Crippen MR) is 75.4 cm³/mol. The van der Waals surface area contributed by atoms with Gasteiger partial charge in [-0.1, -0.05) is 12.2 Å².